The van der Waals surface area contributed by atoms with E-state index in [4.69, 9.17) is 0 Å². The highest BCUT2D eigenvalue weighted by Gasteiger charge is 2.01. The lowest BCUT2D eigenvalue weighted by Crippen LogP contribution is -1.95. The zero-order valence-electron chi connectivity index (χ0n) is 6.50. The van der Waals surface area contributed by atoms with E-state index in [1.807, 2.05) is 6.26 Å². The number of hydrogen-bond donors (Lipinski definition) is 1. The summed E-state index contributed by atoms with van der Waals surface area (Å²) in [5, 5.41) is 2.43. The van der Waals surface area contributed by atoms with E-state index in [-0.39, 0.29) is 5.82 Å². The third kappa shape index (κ3) is 1.98. The first-order valence-electron chi connectivity index (χ1n) is 3.31. The second-order valence-electron chi connectivity index (χ2n) is 2.11. The number of benzene rings is 1. The Morgan fingerprint density at radius 3 is 2.92 bits per heavy atom. The Morgan fingerprint density at radius 2 is 2.33 bits per heavy atom. The Morgan fingerprint density at radius 1 is 1.58 bits per heavy atom. The third-order valence-corrected chi connectivity index (χ3v) is 2.17. The van der Waals surface area contributed by atoms with Gasteiger partial charge in [0.2, 0.25) is 6.41 Å². The summed E-state index contributed by atoms with van der Waals surface area (Å²) in [6.07, 6.45) is 2.40. The lowest BCUT2D eigenvalue weighted by Gasteiger charge is -2.04. The quantitative estimate of drug-likeness (QED) is 0.577. The molecule has 1 aromatic carbocycles. The van der Waals surface area contributed by atoms with Crippen molar-refractivity contribution < 1.29 is 9.18 Å². The van der Waals surface area contributed by atoms with Crippen LogP contribution in [0, 0.1) is 5.82 Å². The second kappa shape index (κ2) is 4.11. The Bertz CT molecular complexity index is 290. The third-order valence-electron chi connectivity index (χ3n) is 1.38. The number of amides is 1. The molecule has 0 saturated heterocycles. The van der Waals surface area contributed by atoms with Gasteiger partial charge < -0.3 is 5.32 Å². The highest BCUT2D eigenvalue weighted by Crippen LogP contribution is 2.25. The van der Waals surface area contributed by atoms with Gasteiger partial charge in [-0.3, -0.25) is 4.79 Å². The topological polar surface area (TPSA) is 29.1 Å². The SMILES string of the molecule is CSc1ccc(F)cc1NC=O. The van der Waals surface area contributed by atoms with Crippen LogP contribution in [-0.2, 0) is 4.79 Å². The molecule has 64 valence electrons. The van der Waals surface area contributed by atoms with Gasteiger partial charge in [0.05, 0.1) is 5.69 Å². The number of carbonyl (C=O) groups is 1. The van der Waals surface area contributed by atoms with Crippen LogP contribution in [0.2, 0.25) is 0 Å². The van der Waals surface area contributed by atoms with Crippen LogP contribution >= 0.6 is 11.8 Å². The summed E-state index contributed by atoms with van der Waals surface area (Å²) < 4.78 is 12.6. The van der Waals surface area contributed by atoms with Crippen molar-refractivity contribution in [3.8, 4) is 0 Å². The first-order chi connectivity index (χ1) is 5.77. The summed E-state index contributed by atoms with van der Waals surface area (Å²) in [5.41, 5.74) is 0.512. The van der Waals surface area contributed by atoms with Gasteiger partial charge in [-0.2, -0.15) is 0 Å². The monoisotopic (exact) mass is 185 g/mol. The van der Waals surface area contributed by atoms with Gasteiger partial charge in [0.25, 0.3) is 0 Å². The molecule has 0 bridgehead atoms. The number of carbonyl (C=O) groups excluding carboxylic acids is 1. The van der Waals surface area contributed by atoms with Crippen LogP contribution in [0.3, 0.4) is 0 Å². The summed E-state index contributed by atoms with van der Waals surface area (Å²) in [5.74, 6) is -0.350. The maximum atomic E-state index is 12.6. The molecule has 0 aliphatic rings. The van der Waals surface area contributed by atoms with Crippen LogP contribution in [0.4, 0.5) is 10.1 Å². The van der Waals surface area contributed by atoms with Crippen LogP contribution in [0.25, 0.3) is 0 Å². The van der Waals surface area contributed by atoms with Crippen molar-refractivity contribution >= 4 is 23.9 Å². The zero-order chi connectivity index (χ0) is 8.97. The Balaban J connectivity index is 3.03. The Hall–Kier alpha value is -1.03. The average molecular weight is 185 g/mol. The van der Waals surface area contributed by atoms with E-state index in [1.165, 1.54) is 23.9 Å². The predicted molar refractivity (Wildman–Crippen MR) is 47.9 cm³/mol. The summed E-state index contributed by atoms with van der Waals surface area (Å²) in [4.78, 5) is 11.0. The van der Waals surface area contributed by atoms with Crippen LogP contribution < -0.4 is 5.32 Å². The Labute approximate surface area is 74.2 Å². The summed E-state index contributed by atoms with van der Waals surface area (Å²) in [7, 11) is 0. The molecule has 0 fully saturated rings. The van der Waals surface area contributed by atoms with E-state index in [1.54, 1.807) is 6.07 Å². The van der Waals surface area contributed by atoms with Gasteiger partial charge in [-0.15, -0.1) is 11.8 Å². The van der Waals surface area contributed by atoms with Crippen molar-refractivity contribution in [2.75, 3.05) is 11.6 Å². The largest absolute Gasteiger partial charge is 0.328 e. The second-order valence-corrected chi connectivity index (χ2v) is 2.95. The molecule has 12 heavy (non-hydrogen) atoms. The summed E-state index contributed by atoms with van der Waals surface area (Å²) >= 11 is 1.46. The van der Waals surface area contributed by atoms with Gasteiger partial charge in [-0.1, -0.05) is 0 Å². The molecule has 0 unspecified atom stereocenters. The molecule has 1 aromatic rings. The molecule has 0 spiro atoms. The molecule has 1 amide bonds. The minimum absolute atomic E-state index is 0.350. The van der Waals surface area contributed by atoms with Gasteiger partial charge in [-0.05, 0) is 24.5 Å². The highest BCUT2D eigenvalue weighted by atomic mass is 32.2. The summed E-state index contributed by atoms with van der Waals surface area (Å²) in [6.45, 7) is 0. The predicted octanol–water partition coefficient (Wildman–Crippen LogP) is 2.12. The molecule has 1 N–H and O–H groups in total. The zero-order valence-corrected chi connectivity index (χ0v) is 7.32. The van der Waals surface area contributed by atoms with Crippen LogP contribution in [0.15, 0.2) is 23.1 Å². The van der Waals surface area contributed by atoms with Crippen molar-refractivity contribution in [1.29, 1.82) is 0 Å². The van der Waals surface area contributed by atoms with Crippen molar-refractivity contribution in [3.05, 3.63) is 24.0 Å². The lowest BCUT2D eigenvalue weighted by atomic mass is 10.3. The van der Waals surface area contributed by atoms with Gasteiger partial charge in [0.1, 0.15) is 5.82 Å². The normalized spacial score (nSPS) is 9.50. The first kappa shape index (κ1) is 9.06. The van der Waals surface area contributed by atoms with E-state index in [2.05, 4.69) is 5.32 Å². The smallest absolute Gasteiger partial charge is 0.211 e. The van der Waals surface area contributed by atoms with Crippen molar-refractivity contribution in [3.63, 3.8) is 0 Å². The van der Waals surface area contributed by atoms with Crippen LogP contribution in [-0.4, -0.2) is 12.7 Å². The van der Waals surface area contributed by atoms with E-state index < -0.39 is 0 Å². The fourth-order valence-electron chi connectivity index (χ4n) is 0.856. The minimum Gasteiger partial charge on any atom is -0.328 e. The maximum absolute atomic E-state index is 12.6. The number of rotatable bonds is 3. The van der Waals surface area contributed by atoms with E-state index in [9.17, 15) is 9.18 Å². The summed E-state index contributed by atoms with van der Waals surface area (Å²) in [6, 6.07) is 4.29. The van der Waals surface area contributed by atoms with E-state index >= 15 is 0 Å². The van der Waals surface area contributed by atoms with Gasteiger partial charge in [-0.25, -0.2) is 4.39 Å². The number of anilines is 1. The molecule has 4 heteroatoms. The molecule has 0 aliphatic carbocycles. The fraction of sp³-hybridized carbons (Fsp3) is 0.125. The Kier molecular flexibility index (Phi) is 3.10. The minimum atomic E-state index is -0.350. The number of nitrogens with one attached hydrogen (secondary N) is 1. The van der Waals surface area contributed by atoms with Gasteiger partial charge >= 0.3 is 0 Å². The number of hydrogen-bond acceptors (Lipinski definition) is 2. The van der Waals surface area contributed by atoms with E-state index in [0.29, 0.717) is 12.1 Å². The molecule has 0 heterocycles. The molecule has 0 radical (unpaired) electrons. The average Bonchev–Trinajstić information content (AvgIpc) is 2.05. The molecule has 0 atom stereocenters. The molecule has 1 rings (SSSR count). The van der Waals surface area contributed by atoms with Crippen LogP contribution in [0.5, 0.6) is 0 Å². The lowest BCUT2D eigenvalue weighted by molar-refractivity contribution is -0.105. The highest BCUT2D eigenvalue weighted by molar-refractivity contribution is 7.98. The number of halogens is 1. The molecule has 2 nitrogen and oxygen atoms in total. The molecular formula is C8H8FNOS. The molecular weight excluding hydrogens is 177 g/mol. The standard InChI is InChI=1S/C8H8FNOS/c1-12-8-3-2-6(9)4-7(8)10-5-11/h2-5H,1H3,(H,10,11). The van der Waals surface area contributed by atoms with Crippen molar-refractivity contribution in [1.82, 2.24) is 0 Å². The van der Waals surface area contributed by atoms with Gasteiger partial charge in [0, 0.05) is 4.90 Å². The van der Waals surface area contributed by atoms with Crippen LogP contribution in [0.1, 0.15) is 0 Å². The first-order valence-corrected chi connectivity index (χ1v) is 4.54. The molecule has 0 saturated carbocycles. The van der Waals surface area contributed by atoms with Crippen molar-refractivity contribution in [2.45, 2.75) is 4.90 Å². The fourth-order valence-corrected chi connectivity index (χ4v) is 1.40. The van der Waals surface area contributed by atoms with Crippen molar-refractivity contribution in [2.24, 2.45) is 0 Å². The maximum Gasteiger partial charge on any atom is 0.211 e. The van der Waals surface area contributed by atoms with Gasteiger partial charge in [0.15, 0.2) is 0 Å². The molecule has 0 aliphatic heterocycles. The molecule has 0 aromatic heterocycles. The van der Waals surface area contributed by atoms with E-state index in [0.717, 1.165) is 4.90 Å². The number of thioether (sulfide) groups is 1.